The molecule has 0 radical (unpaired) electrons. The smallest absolute Gasteiger partial charge is 0.334 e. The number of halogens is 1. The van der Waals surface area contributed by atoms with Gasteiger partial charge in [0.2, 0.25) is 0 Å². The van der Waals surface area contributed by atoms with E-state index in [9.17, 15) is 18.8 Å². The Kier molecular flexibility index (Phi) is 4.78. The van der Waals surface area contributed by atoms with E-state index in [0.717, 1.165) is 41.9 Å². The number of ether oxygens (including phenoxy) is 1. The topological polar surface area (TPSA) is 66.9 Å². The third-order valence-electron chi connectivity index (χ3n) is 4.42. The first kappa shape index (κ1) is 16.4. The van der Waals surface area contributed by atoms with Crippen molar-refractivity contribution in [3.63, 3.8) is 0 Å². The van der Waals surface area contributed by atoms with Crippen LogP contribution in [-0.2, 0) is 9.59 Å². The Bertz CT molecular complexity index is 640. The van der Waals surface area contributed by atoms with E-state index in [1.54, 1.807) is 0 Å². The van der Waals surface area contributed by atoms with E-state index < -0.39 is 17.8 Å². The zero-order chi connectivity index (χ0) is 17.1. The van der Waals surface area contributed by atoms with E-state index in [4.69, 9.17) is 4.74 Å². The summed E-state index contributed by atoms with van der Waals surface area (Å²) in [6, 6.07) is 4.71. The van der Waals surface area contributed by atoms with E-state index in [-0.39, 0.29) is 25.0 Å². The zero-order valence-corrected chi connectivity index (χ0v) is 13.2. The van der Waals surface area contributed by atoms with E-state index in [0.29, 0.717) is 5.75 Å². The summed E-state index contributed by atoms with van der Waals surface area (Å²) in [4.78, 5) is 38.7. The number of hydrogen-bond acceptors (Lipinski definition) is 4. The molecule has 1 heterocycles. The third-order valence-corrected chi connectivity index (χ3v) is 4.42. The molecule has 1 aromatic carbocycles. The lowest BCUT2D eigenvalue weighted by Gasteiger charge is -2.28. The van der Waals surface area contributed by atoms with Gasteiger partial charge >= 0.3 is 17.8 Å². The van der Waals surface area contributed by atoms with Crippen LogP contribution in [0.1, 0.15) is 32.1 Å². The van der Waals surface area contributed by atoms with Crippen LogP contribution in [0.4, 0.5) is 9.18 Å². The van der Waals surface area contributed by atoms with Crippen molar-refractivity contribution in [3.8, 4) is 5.75 Å². The molecule has 7 heteroatoms. The van der Waals surface area contributed by atoms with Gasteiger partial charge in [0.05, 0.1) is 6.54 Å². The molecule has 2 aliphatic rings. The lowest BCUT2D eigenvalue weighted by molar-refractivity contribution is -0.144. The van der Waals surface area contributed by atoms with Crippen molar-refractivity contribution in [1.29, 1.82) is 0 Å². The summed E-state index contributed by atoms with van der Waals surface area (Å²) in [6.07, 6.45) is 4.53. The van der Waals surface area contributed by atoms with Crippen LogP contribution in [0.3, 0.4) is 0 Å². The second kappa shape index (κ2) is 6.98. The van der Waals surface area contributed by atoms with Crippen molar-refractivity contribution in [3.05, 3.63) is 30.1 Å². The van der Waals surface area contributed by atoms with Crippen molar-refractivity contribution in [2.75, 3.05) is 13.2 Å². The minimum atomic E-state index is -0.798. The zero-order valence-electron chi connectivity index (χ0n) is 13.2. The van der Waals surface area contributed by atoms with Crippen molar-refractivity contribution >= 4 is 17.8 Å². The normalized spacial score (nSPS) is 19.3. The number of carbonyl (C=O) groups excluding carboxylic acids is 3. The molecule has 1 aliphatic carbocycles. The fourth-order valence-corrected chi connectivity index (χ4v) is 3.17. The van der Waals surface area contributed by atoms with E-state index in [1.165, 1.54) is 24.3 Å². The van der Waals surface area contributed by atoms with Gasteiger partial charge in [-0.1, -0.05) is 19.3 Å². The molecule has 6 nitrogen and oxygen atoms in total. The van der Waals surface area contributed by atoms with Gasteiger partial charge in [-0.05, 0) is 37.1 Å². The van der Waals surface area contributed by atoms with Crippen LogP contribution in [0.15, 0.2) is 24.3 Å². The molecule has 1 saturated heterocycles. The van der Waals surface area contributed by atoms with Gasteiger partial charge < -0.3 is 4.74 Å². The number of urea groups is 1. The molecule has 0 spiro atoms. The molecule has 0 aromatic heterocycles. The summed E-state index contributed by atoms with van der Waals surface area (Å²) in [6.45, 7) is 0.0406. The van der Waals surface area contributed by atoms with Crippen LogP contribution in [0.2, 0.25) is 0 Å². The van der Waals surface area contributed by atoms with Crippen LogP contribution in [0.25, 0.3) is 0 Å². The maximum atomic E-state index is 12.8. The van der Waals surface area contributed by atoms with Crippen LogP contribution in [0, 0.1) is 5.82 Å². The molecule has 4 amide bonds. The Labute approximate surface area is 139 Å². The molecule has 1 aliphatic heterocycles. The molecule has 2 fully saturated rings. The fourth-order valence-electron chi connectivity index (χ4n) is 3.17. The summed E-state index contributed by atoms with van der Waals surface area (Å²) in [5.41, 5.74) is 0. The molecule has 0 unspecified atom stereocenters. The van der Waals surface area contributed by atoms with E-state index >= 15 is 0 Å². The number of amides is 4. The lowest BCUT2D eigenvalue weighted by Crippen LogP contribution is -2.42. The average molecular weight is 334 g/mol. The third kappa shape index (κ3) is 3.25. The minimum Gasteiger partial charge on any atom is -0.492 e. The van der Waals surface area contributed by atoms with Crippen LogP contribution >= 0.6 is 0 Å². The molecule has 3 rings (SSSR count). The van der Waals surface area contributed by atoms with Gasteiger partial charge in [-0.25, -0.2) is 9.18 Å². The highest BCUT2D eigenvalue weighted by Crippen LogP contribution is 2.26. The number of imide groups is 2. The quantitative estimate of drug-likeness (QED) is 0.612. The van der Waals surface area contributed by atoms with Crippen molar-refractivity contribution in [1.82, 2.24) is 9.80 Å². The Morgan fingerprint density at radius 3 is 2.33 bits per heavy atom. The lowest BCUT2D eigenvalue weighted by atomic mass is 9.94. The molecule has 0 bridgehead atoms. The first-order valence-corrected chi connectivity index (χ1v) is 8.15. The van der Waals surface area contributed by atoms with Gasteiger partial charge in [0, 0.05) is 6.04 Å². The van der Waals surface area contributed by atoms with Gasteiger partial charge in [-0.15, -0.1) is 0 Å². The molecule has 128 valence electrons. The van der Waals surface area contributed by atoms with E-state index in [2.05, 4.69) is 0 Å². The summed E-state index contributed by atoms with van der Waals surface area (Å²) >= 11 is 0. The maximum absolute atomic E-state index is 12.8. The fraction of sp³-hybridized carbons (Fsp3) is 0.471. The highest BCUT2D eigenvalue weighted by molar-refractivity contribution is 6.44. The van der Waals surface area contributed by atoms with Crippen molar-refractivity contribution in [2.45, 2.75) is 38.1 Å². The van der Waals surface area contributed by atoms with Crippen molar-refractivity contribution < 1.29 is 23.5 Å². The molecule has 24 heavy (non-hydrogen) atoms. The number of benzene rings is 1. The summed E-state index contributed by atoms with van der Waals surface area (Å²) in [7, 11) is 0. The molecular formula is C17H19FN2O4. The Hall–Kier alpha value is -2.44. The summed E-state index contributed by atoms with van der Waals surface area (Å²) in [5, 5.41) is 0. The molecule has 1 aromatic rings. The predicted octanol–water partition coefficient (Wildman–Crippen LogP) is 2.33. The highest BCUT2D eigenvalue weighted by Gasteiger charge is 2.47. The average Bonchev–Trinajstić information content (AvgIpc) is 2.81. The highest BCUT2D eigenvalue weighted by atomic mass is 19.1. The van der Waals surface area contributed by atoms with Crippen LogP contribution in [-0.4, -0.2) is 46.8 Å². The number of hydrogen-bond donors (Lipinski definition) is 0. The van der Waals surface area contributed by atoms with Gasteiger partial charge in [0.25, 0.3) is 0 Å². The van der Waals surface area contributed by atoms with Gasteiger partial charge in [0.15, 0.2) is 0 Å². The number of carbonyl (C=O) groups is 3. The molecular weight excluding hydrogens is 315 g/mol. The molecule has 0 atom stereocenters. The maximum Gasteiger partial charge on any atom is 0.334 e. The summed E-state index contributed by atoms with van der Waals surface area (Å²) < 4.78 is 18.2. The number of rotatable bonds is 5. The van der Waals surface area contributed by atoms with E-state index in [1.807, 2.05) is 0 Å². The Morgan fingerprint density at radius 2 is 1.67 bits per heavy atom. The Balaban J connectivity index is 1.59. The minimum absolute atomic E-state index is 0.00992. The predicted molar refractivity (Wildman–Crippen MR) is 82.7 cm³/mol. The monoisotopic (exact) mass is 334 g/mol. The van der Waals surface area contributed by atoms with Gasteiger partial charge in [-0.3, -0.25) is 19.4 Å². The standard InChI is InChI=1S/C17H19FN2O4/c18-12-6-8-14(9-7-12)24-11-10-19-15(21)16(22)20(17(19)23)13-4-2-1-3-5-13/h6-9,13H,1-5,10-11H2. The largest absolute Gasteiger partial charge is 0.492 e. The first-order valence-electron chi connectivity index (χ1n) is 8.15. The van der Waals surface area contributed by atoms with Crippen LogP contribution in [0.5, 0.6) is 5.75 Å². The van der Waals surface area contributed by atoms with Crippen LogP contribution < -0.4 is 4.74 Å². The second-order valence-corrected chi connectivity index (χ2v) is 6.01. The van der Waals surface area contributed by atoms with Crippen molar-refractivity contribution in [2.24, 2.45) is 0 Å². The SMILES string of the molecule is O=C1C(=O)N(C2CCCCC2)C(=O)N1CCOc1ccc(F)cc1. The Morgan fingerprint density at radius 1 is 1.00 bits per heavy atom. The van der Waals surface area contributed by atoms with Gasteiger partial charge in [0.1, 0.15) is 18.2 Å². The number of nitrogens with zero attached hydrogens (tertiary/aromatic N) is 2. The first-order chi connectivity index (χ1) is 11.6. The van der Waals surface area contributed by atoms with Gasteiger partial charge in [-0.2, -0.15) is 0 Å². The second-order valence-electron chi connectivity index (χ2n) is 6.01. The summed E-state index contributed by atoms with van der Waals surface area (Å²) in [5.74, 6) is -1.48. The molecule has 1 saturated carbocycles. The molecule has 0 N–H and O–H groups in total.